The van der Waals surface area contributed by atoms with Crippen LogP contribution in [0.3, 0.4) is 0 Å². The van der Waals surface area contributed by atoms with Gasteiger partial charge in [0.2, 0.25) is 11.9 Å². The summed E-state index contributed by atoms with van der Waals surface area (Å²) in [4.78, 5) is 31.3. The molecule has 1 fully saturated rings. The standard InChI is InChI=1S/C22H24N8O2/c1-5-17-11-32-22(31)30(17)21-27-15(4)26-20(28-21)25-14(3)19-10-29(12-24-19)18-7-6-16(9-23)13(2)8-18/h6-8,10,12,14,17H,5,11H2,1-4H3,(H,25,26,27,28)/t14-,17-/m0/s1. The Morgan fingerprint density at radius 2 is 2.12 bits per heavy atom. The molecule has 1 N–H and O–H groups in total. The van der Waals surface area contributed by atoms with E-state index in [4.69, 9.17) is 10.00 Å². The summed E-state index contributed by atoms with van der Waals surface area (Å²) in [7, 11) is 0. The lowest BCUT2D eigenvalue weighted by Gasteiger charge is -2.19. The molecule has 0 saturated carbocycles. The highest BCUT2D eigenvalue weighted by Gasteiger charge is 2.35. The lowest BCUT2D eigenvalue weighted by atomic mass is 10.1. The number of anilines is 2. The molecule has 2 atom stereocenters. The number of aryl methyl sites for hydroxylation is 2. The number of benzene rings is 1. The van der Waals surface area contributed by atoms with E-state index in [1.807, 2.05) is 43.7 Å². The van der Waals surface area contributed by atoms with Crippen LogP contribution in [-0.2, 0) is 4.74 Å². The highest BCUT2D eigenvalue weighted by molar-refractivity contribution is 5.88. The van der Waals surface area contributed by atoms with Crippen LogP contribution >= 0.6 is 0 Å². The van der Waals surface area contributed by atoms with E-state index in [1.165, 1.54) is 4.90 Å². The molecule has 1 saturated heterocycles. The van der Waals surface area contributed by atoms with Crippen LogP contribution in [0, 0.1) is 25.2 Å². The van der Waals surface area contributed by atoms with Crippen molar-refractivity contribution in [2.45, 2.75) is 46.2 Å². The molecule has 3 aromatic rings. The van der Waals surface area contributed by atoms with Crippen molar-refractivity contribution in [1.29, 1.82) is 5.26 Å². The summed E-state index contributed by atoms with van der Waals surface area (Å²) in [5.41, 5.74) is 3.27. The predicted octanol–water partition coefficient (Wildman–Crippen LogP) is 3.45. The van der Waals surface area contributed by atoms with Gasteiger partial charge in [-0.05, 0) is 51.0 Å². The van der Waals surface area contributed by atoms with Gasteiger partial charge < -0.3 is 14.6 Å². The minimum atomic E-state index is -0.446. The van der Waals surface area contributed by atoms with Crippen molar-refractivity contribution in [2.24, 2.45) is 0 Å². The smallest absolute Gasteiger partial charge is 0.417 e. The zero-order valence-electron chi connectivity index (χ0n) is 18.4. The zero-order valence-corrected chi connectivity index (χ0v) is 18.4. The van der Waals surface area contributed by atoms with Crippen molar-refractivity contribution in [2.75, 3.05) is 16.8 Å². The van der Waals surface area contributed by atoms with E-state index in [0.29, 0.717) is 23.9 Å². The molecular formula is C22H24N8O2. The SMILES string of the molecule is CC[C@H]1COC(=O)N1c1nc(C)nc(N[C@@H](C)c2cn(-c3ccc(C#N)c(C)c3)cn2)n1. The Labute approximate surface area is 185 Å². The van der Waals surface area contributed by atoms with Crippen molar-refractivity contribution in [3.63, 3.8) is 0 Å². The Kier molecular flexibility index (Phi) is 5.73. The predicted molar refractivity (Wildman–Crippen MR) is 118 cm³/mol. The van der Waals surface area contributed by atoms with Gasteiger partial charge in [0.25, 0.3) is 0 Å². The highest BCUT2D eigenvalue weighted by atomic mass is 16.6. The number of nitriles is 1. The van der Waals surface area contributed by atoms with Crippen LogP contribution < -0.4 is 10.2 Å². The van der Waals surface area contributed by atoms with Gasteiger partial charge in [0.1, 0.15) is 12.4 Å². The molecule has 0 bridgehead atoms. The van der Waals surface area contributed by atoms with Gasteiger partial charge in [0.05, 0.1) is 35.7 Å². The summed E-state index contributed by atoms with van der Waals surface area (Å²) in [6.07, 6.45) is 3.93. The molecule has 3 heterocycles. The number of nitrogens with zero attached hydrogens (tertiary/aromatic N) is 7. The van der Waals surface area contributed by atoms with Crippen LogP contribution in [0.5, 0.6) is 0 Å². The molecule has 2 aromatic heterocycles. The van der Waals surface area contributed by atoms with Crippen LogP contribution in [0.4, 0.5) is 16.7 Å². The lowest BCUT2D eigenvalue weighted by Crippen LogP contribution is -2.34. The Morgan fingerprint density at radius 1 is 1.31 bits per heavy atom. The molecule has 1 aliphatic rings. The number of rotatable bonds is 6. The van der Waals surface area contributed by atoms with Gasteiger partial charge in [-0.2, -0.15) is 20.2 Å². The Balaban J connectivity index is 1.54. The molecule has 0 spiro atoms. The number of hydrogen-bond acceptors (Lipinski definition) is 8. The first-order chi connectivity index (χ1) is 15.4. The van der Waals surface area contributed by atoms with Crippen LogP contribution in [0.15, 0.2) is 30.7 Å². The molecule has 10 heteroatoms. The average molecular weight is 432 g/mol. The maximum absolute atomic E-state index is 12.2. The number of imidazole rings is 1. The fraction of sp³-hybridized carbons (Fsp3) is 0.364. The Hall–Kier alpha value is -4.00. The molecule has 164 valence electrons. The second kappa shape index (κ2) is 8.63. The number of hydrogen-bond donors (Lipinski definition) is 1. The third-order valence-electron chi connectivity index (χ3n) is 5.40. The molecule has 0 unspecified atom stereocenters. The minimum absolute atomic E-state index is 0.0962. The van der Waals surface area contributed by atoms with E-state index in [2.05, 4.69) is 31.3 Å². The van der Waals surface area contributed by atoms with Crippen molar-refractivity contribution >= 4 is 18.0 Å². The number of carbonyl (C=O) groups excluding carboxylic acids is 1. The second-order valence-electron chi connectivity index (χ2n) is 7.70. The molecule has 1 aliphatic heterocycles. The molecule has 0 aliphatic carbocycles. The number of ether oxygens (including phenoxy) is 1. The van der Waals surface area contributed by atoms with E-state index >= 15 is 0 Å². The molecule has 1 aromatic carbocycles. The fourth-order valence-electron chi connectivity index (χ4n) is 3.55. The number of amides is 1. The van der Waals surface area contributed by atoms with E-state index in [9.17, 15) is 4.79 Å². The Bertz CT molecular complexity index is 1200. The number of nitrogens with one attached hydrogen (secondary N) is 1. The van der Waals surface area contributed by atoms with Crippen molar-refractivity contribution < 1.29 is 9.53 Å². The number of cyclic esters (lactones) is 1. The van der Waals surface area contributed by atoms with E-state index in [-0.39, 0.29) is 18.0 Å². The van der Waals surface area contributed by atoms with Gasteiger partial charge in [-0.25, -0.2) is 14.7 Å². The van der Waals surface area contributed by atoms with E-state index in [0.717, 1.165) is 23.4 Å². The van der Waals surface area contributed by atoms with Crippen LogP contribution in [0.25, 0.3) is 5.69 Å². The summed E-state index contributed by atoms with van der Waals surface area (Å²) >= 11 is 0. The largest absolute Gasteiger partial charge is 0.447 e. The van der Waals surface area contributed by atoms with Gasteiger partial charge in [-0.3, -0.25) is 0 Å². The summed E-state index contributed by atoms with van der Waals surface area (Å²) in [5.74, 6) is 1.14. The highest BCUT2D eigenvalue weighted by Crippen LogP contribution is 2.24. The molecule has 0 radical (unpaired) electrons. The summed E-state index contributed by atoms with van der Waals surface area (Å²) in [5, 5.41) is 12.4. The van der Waals surface area contributed by atoms with Gasteiger partial charge in [-0.15, -0.1) is 0 Å². The maximum atomic E-state index is 12.2. The van der Waals surface area contributed by atoms with E-state index < -0.39 is 6.09 Å². The summed E-state index contributed by atoms with van der Waals surface area (Å²) in [6.45, 7) is 7.93. The quantitative estimate of drug-likeness (QED) is 0.628. The van der Waals surface area contributed by atoms with Crippen LogP contribution in [0.1, 0.15) is 49.0 Å². The monoisotopic (exact) mass is 432 g/mol. The molecule has 4 rings (SSSR count). The average Bonchev–Trinajstić information content (AvgIpc) is 3.40. The first-order valence-electron chi connectivity index (χ1n) is 10.4. The van der Waals surface area contributed by atoms with Crippen molar-refractivity contribution in [3.8, 4) is 11.8 Å². The first-order valence-corrected chi connectivity index (χ1v) is 10.4. The first kappa shape index (κ1) is 21.2. The second-order valence-corrected chi connectivity index (χ2v) is 7.70. The minimum Gasteiger partial charge on any atom is -0.447 e. The van der Waals surface area contributed by atoms with E-state index in [1.54, 1.807) is 19.3 Å². The number of carbonyl (C=O) groups is 1. The fourth-order valence-corrected chi connectivity index (χ4v) is 3.55. The third-order valence-corrected chi connectivity index (χ3v) is 5.40. The molecule has 1 amide bonds. The van der Waals surface area contributed by atoms with Gasteiger partial charge in [0, 0.05) is 11.9 Å². The summed E-state index contributed by atoms with van der Waals surface area (Å²) < 4.78 is 7.06. The zero-order chi connectivity index (χ0) is 22.8. The number of aromatic nitrogens is 5. The molecular weight excluding hydrogens is 408 g/mol. The Morgan fingerprint density at radius 3 is 2.84 bits per heavy atom. The third kappa shape index (κ3) is 4.09. The topological polar surface area (TPSA) is 122 Å². The molecule has 32 heavy (non-hydrogen) atoms. The summed E-state index contributed by atoms with van der Waals surface area (Å²) in [6, 6.07) is 7.52. The van der Waals surface area contributed by atoms with Gasteiger partial charge in [0.15, 0.2) is 0 Å². The van der Waals surface area contributed by atoms with Crippen molar-refractivity contribution in [1.82, 2.24) is 24.5 Å². The maximum Gasteiger partial charge on any atom is 0.417 e. The van der Waals surface area contributed by atoms with Gasteiger partial charge in [-0.1, -0.05) is 6.92 Å². The normalized spacial score (nSPS) is 16.5. The van der Waals surface area contributed by atoms with Gasteiger partial charge >= 0.3 is 6.09 Å². The van der Waals surface area contributed by atoms with Crippen LogP contribution in [-0.4, -0.2) is 43.2 Å². The molecule has 10 nitrogen and oxygen atoms in total. The van der Waals surface area contributed by atoms with Crippen molar-refractivity contribution in [3.05, 3.63) is 53.4 Å². The lowest BCUT2D eigenvalue weighted by molar-refractivity contribution is 0.178. The van der Waals surface area contributed by atoms with Crippen LogP contribution in [0.2, 0.25) is 0 Å².